The van der Waals surface area contributed by atoms with Crippen LogP contribution in [-0.2, 0) is 5.41 Å². The van der Waals surface area contributed by atoms with E-state index in [1.165, 1.54) is 116 Å². The van der Waals surface area contributed by atoms with Crippen LogP contribution in [0.5, 0.6) is 0 Å². The Morgan fingerprint density at radius 1 is 0.351 bits per heavy atom. The van der Waals surface area contributed by atoms with Crippen LogP contribution in [0.4, 0.5) is 0 Å². The van der Waals surface area contributed by atoms with Crippen molar-refractivity contribution in [3.05, 3.63) is 193 Å². The maximum Gasteiger partial charge on any atom is 0.0644 e. The van der Waals surface area contributed by atoms with Crippen molar-refractivity contribution in [1.29, 1.82) is 0 Å². The number of hydrogen-bond acceptors (Lipinski definition) is 0. The maximum absolute atomic E-state index is 2.56. The van der Waals surface area contributed by atoms with Crippen molar-refractivity contribution in [3.8, 4) is 55.9 Å². The van der Waals surface area contributed by atoms with Crippen LogP contribution < -0.4 is 0 Å². The highest BCUT2D eigenvalue weighted by Crippen LogP contribution is 2.58. The highest BCUT2D eigenvalue weighted by molar-refractivity contribution is 6.31. The Balaban J connectivity index is 1.14. The average molecular weight is 725 g/mol. The molecule has 2 aliphatic rings. The molecule has 2 aromatic heterocycles. The van der Waals surface area contributed by atoms with Gasteiger partial charge in [0.2, 0.25) is 0 Å². The summed E-state index contributed by atoms with van der Waals surface area (Å²) < 4.78 is 5.09. The van der Waals surface area contributed by atoms with Gasteiger partial charge in [-0.15, -0.1) is 0 Å². The third-order valence-electron chi connectivity index (χ3n) is 13.2. The molecule has 0 fully saturated rings. The van der Waals surface area contributed by atoms with Gasteiger partial charge in [0.05, 0.1) is 22.1 Å². The number of fused-ring (bicyclic) bond motifs is 15. The van der Waals surface area contributed by atoms with Gasteiger partial charge in [0, 0.05) is 43.9 Å². The molecular weight excluding hydrogens is 689 g/mol. The summed E-state index contributed by atoms with van der Waals surface area (Å²) in [6.07, 6.45) is 0. The Morgan fingerprint density at radius 2 is 0.877 bits per heavy atom. The van der Waals surface area contributed by atoms with Gasteiger partial charge in [-0.05, 0) is 97.2 Å². The standard InChI is InChI=1S/C55H36N2/c1-55(2)45-24-11-8-19-42(45)49-52(55)50-43-20-9-12-25-46(43)56(34-15-4-3-5-16-34)54(50)51-44-21-10-13-26-47(44)57(53(49)51)35-29-27-33(28-30-35)36-31-32-41-38-18-7-6-17-37(38)40-23-14-22-39(36)48(40)41/h3-32H,1-2H3. The predicted octanol–water partition coefficient (Wildman–Crippen LogP) is 14.7. The molecule has 11 aromatic rings. The smallest absolute Gasteiger partial charge is 0.0644 e. The molecule has 0 amide bonds. The maximum atomic E-state index is 2.56. The van der Waals surface area contributed by atoms with Gasteiger partial charge in [0.1, 0.15) is 0 Å². The molecule has 0 unspecified atom stereocenters. The molecule has 2 aliphatic carbocycles. The molecule has 9 aromatic carbocycles. The molecular formula is C55H36N2. The lowest BCUT2D eigenvalue weighted by molar-refractivity contribution is 0.667. The van der Waals surface area contributed by atoms with E-state index in [0.29, 0.717) is 0 Å². The third kappa shape index (κ3) is 3.90. The molecule has 0 saturated carbocycles. The molecule has 2 nitrogen and oxygen atoms in total. The van der Waals surface area contributed by atoms with Crippen LogP contribution in [0, 0.1) is 0 Å². The summed E-state index contributed by atoms with van der Waals surface area (Å²) in [7, 11) is 0. The first kappa shape index (κ1) is 31.1. The minimum absolute atomic E-state index is 0.218. The van der Waals surface area contributed by atoms with Crippen LogP contribution in [0.25, 0.3) is 110 Å². The fraction of sp³-hybridized carbons (Fsp3) is 0.0545. The Morgan fingerprint density at radius 3 is 1.61 bits per heavy atom. The number of rotatable bonds is 3. The Labute approximate surface area is 330 Å². The van der Waals surface area contributed by atoms with Crippen LogP contribution in [0.15, 0.2) is 182 Å². The third-order valence-corrected chi connectivity index (χ3v) is 13.2. The van der Waals surface area contributed by atoms with Crippen molar-refractivity contribution >= 4 is 54.4 Å². The summed E-state index contributed by atoms with van der Waals surface area (Å²) in [6, 6.07) is 67.7. The fourth-order valence-electron chi connectivity index (χ4n) is 10.9. The second-order valence-electron chi connectivity index (χ2n) is 16.4. The van der Waals surface area contributed by atoms with Gasteiger partial charge in [-0.1, -0.05) is 159 Å². The van der Waals surface area contributed by atoms with Crippen LogP contribution in [-0.4, -0.2) is 9.13 Å². The first-order valence-corrected chi connectivity index (χ1v) is 20.0. The lowest BCUT2D eigenvalue weighted by Crippen LogP contribution is -2.15. The van der Waals surface area contributed by atoms with Crippen LogP contribution in [0.3, 0.4) is 0 Å². The summed E-state index contributed by atoms with van der Waals surface area (Å²) in [5, 5.41) is 7.87. The minimum atomic E-state index is -0.218. The first-order valence-electron chi connectivity index (χ1n) is 20.0. The summed E-state index contributed by atoms with van der Waals surface area (Å²) in [6.45, 7) is 4.85. The number of nitrogens with zero attached hydrogens (tertiary/aromatic N) is 2. The van der Waals surface area contributed by atoms with E-state index in [2.05, 4.69) is 205 Å². The zero-order chi connectivity index (χ0) is 37.6. The van der Waals surface area contributed by atoms with Crippen molar-refractivity contribution < 1.29 is 0 Å². The van der Waals surface area contributed by atoms with E-state index in [4.69, 9.17) is 0 Å². The van der Waals surface area contributed by atoms with E-state index < -0.39 is 0 Å². The molecule has 0 saturated heterocycles. The van der Waals surface area contributed by atoms with E-state index in [0.717, 1.165) is 5.69 Å². The molecule has 0 aliphatic heterocycles. The molecule has 0 atom stereocenters. The van der Waals surface area contributed by atoms with Crippen molar-refractivity contribution in [2.45, 2.75) is 19.3 Å². The highest BCUT2D eigenvalue weighted by atomic mass is 15.0. The Kier molecular flexibility index (Phi) is 6.00. The average Bonchev–Trinajstić information content (AvgIpc) is 3.96. The lowest BCUT2D eigenvalue weighted by Gasteiger charge is -2.23. The zero-order valence-corrected chi connectivity index (χ0v) is 31.7. The van der Waals surface area contributed by atoms with Crippen LogP contribution in [0.1, 0.15) is 25.0 Å². The minimum Gasteiger partial charge on any atom is -0.309 e. The predicted molar refractivity (Wildman–Crippen MR) is 240 cm³/mol. The van der Waals surface area contributed by atoms with Gasteiger partial charge >= 0.3 is 0 Å². The van der Waals surface area contributed by atoms with Gasteiger partial charge in [0.15, 0.2) is 0 Å². The molecule has 0 N–H and O–H groups in total. The number of hydrogen-bond donors (Lipinski definition) is 0. The van der Waals surface area contributed by atoms with Crippen molar-refractivity contribution in [2.24, 2.45) is 0 Å². The number of para-hydroxylation sites is 3. The van der Waals surface area contributed by atoms with Gasteiger partial charge in [0.25, 0.3) is 0 Å². The normalized spacial score (nSPS) is 13.6. The fourth-order valence-corrected chi connectivity index (χ4v) is 10.9. The number of benzene rings is 9. The van der Waals surface area contributed by atoms with E-state index in [1.54, 1.807) is 0 Å². The van der Waals surface area contributed by atoms with Gasteiger partial charge in [-0.3, -0.25) is 0 Å². The van der Waals surface area contributed by atoms with Crippen molar-refractivity contribution in [1.82, 2.24) is 9.13 Å². The second-order valence-corrected chi connectivity index (χ2v) is 16.4. The Hall–Kier alpha value is -7.16. The molecule has 13 rings (SSSR count). The summed E-state index contributed by atoms with van der Waals surface area (Å²) in [4.78, 5) is 0. The highest BCUT2D eigenvalue weighted by Gasteiger charge is 2.41. The molecule has 0 bridgehead atoms. The molecule has 2 heteroatoms. The second kappa shape index (κ2) is 11.0. The van der Waals surface area contributed by atoms with E-state index in [-0.39, 0.29) is 5.41 Å². The van der Waals surface area contributed by atoms with Crippen LogP contribution in [0.2, 0.25) is 0 Å². The largest absolute Gasteiger partial charge is 0.309 e. The van der Waals surface area contributed by atoms with E-state index >= 15 is 0 Å². The Bertz CT molecular complexity index is 3490. The first-order chi connectivity index (χ1) is 28.1. The molecule has 266 valence electrons. The summed E-state index contributed by atoms with van der Waals surface area (Å²) in [5.74, 6) is 0. The number of aromatic nitrogens is 2. The van der Waals surface area contributed by atoms with Crippen molar-refractivity contribution in [2.75, 3.05) is 0 Å². The lowest BCUT2D eigenvalue weighted by atomic mass is 9.80. The molecule has 0 radical (unpaired) electrons. The SMILES string of the molecule is CC1(C)c2ccccc2-c2c1c1c3ccccc3n(-c3ccccc3)c1c1c3ccccc3n(-c3ccc(-c4ccc5c6c(cccc46)-c4ccccc4-5)cc3)c21. The van der Waals surface area contributed by atoms with Crippen LogP contribution >= 0.6 is 0 Å². The van der Waals surface area contributed by atoms with E-state index in [1.807, 2.05) is 0 Å². The zero-order valence-electron chi connectivity index (χ0n) is 31.7. The summed E-state index contributed by atoms with van der Waals surface area (Å²) >= 11 is 0. The monoisotopic (exact) mass is 724 g/mol. The van der Waals surface area contributed by atoms with Gasteiger partial charge in [-0.2, -0.15) is 0 Å². The molecule has 0 spiro atoms. The van der Waals surface area contributed by atoms with E-state index in [9.17, 15) is 0 Å². The molecule has 57 heavy (non-hydrogen) atoms. The molecule has 2 heterocycles. The quantitative estimate of drug-likeness (QED) is 0.172. The topological polar surface area (TPSA) is 9.86 Å². The summed E-state index contributed by atoms with van der Waals surface area (Å²) in [5.41, 5.74) is 20.4. The van der Waals surface area contributed by atoms with Gasteiger partial charge < -0.3 is 9.13 Å². The van der Waals surface area contributed by atoms with Crippen molar-refractivity contribution in [3.63, 3.8) is 0 Å². The van der Waals surface area contributed by atoms with Gasteiger partial charge in [-0.25, -0.2) is 0 Å².